The SMILES string of the molecule is CC1(C)CCC=C(N2CCCC2)C1. The van der Waals surface area contributed by atoms with Crippen molar-refractivity contribution in [2.75, 3.05) is 13.1 Å². The largest absolute Gasteiger partial charge is 0.375 e. The predicted octanol–water partition coefficient (Wildman–Crippen LogP) is 3.18. The minimum absolute atomic E-state index is 0.548. The molecule has 1 fully saturated rings. The van der Waals surface area contributed by atoms with Crippen LogP contribution in [0.4, 0.5) is 0 Å². The second-order valence-electron chi connectivity index (χ2n) is 5.27. The zero-order chi connectivity index (χ0) is 9.31. The summed E-state index contributed by atoms with van der Waals surface area (Å²) in [7, 11) is 0. The first-order chi connectivity index (χ1) is 6.17. The van der Waals surface area contributed by atoms with Gasteiger partial charge in [-0.2, -0.15) is 0 Å². The van der Waals surface area contributed by atoms with Gasteiger partial charge in [0.25, 0.3) is 0 Å². The number of hydrogen-bond acceptors (Lipinski definition) is 1. The van der Waals surface area contributed by atoms with Crippen LogP contribution in [0.3, 0.4) is 0 Å². The lowest BCUT2D eigenvalue weighted by atomic mass is 9.79. The van der Waals surface area contributed by atoms with Gasteiger partial charge in [0.1, 0.15) is 0 Å². The molecule has 0 spiro atoms. The molecule has 0 radical (unpaired) electrons. The number of likely N-dealkylation sites (tertiary alicyclic amines) is 1. The zero-order valence-electron chi connectivity index (χ0n) is 8.97. The molecule has 0 unspecified atom stereocenters. The third-order valence-corrected chi connectivity index (χ3v) is 3.37. The van der Waals surface area contributed by atoms with Gasteiger partial charge in [0, 0.05) is 18.8 Å². The molecule has 2 aliphatic rings. The van der Waals surface area contributed by atoms with Crippen molar-refractivity contribution in [2.24, 2.45) is 5.41 Å². The summed E-state index contributed by atoms with van der Waals surface area (Å²) in [5, 5.41) is 0. The van der Waals surface area contributed by atoms with Crippen molar-refractivity contribution < 1.29 is 0 Å². The van der Waals surface area contributed by atoms with Gasteiger partial charge < -0.3 is 4.90 Å². The van der Waals surface area contributed by atoms with Gasteiger partial charge in [0.2, 0.25) is 0 Å². The van der Waals surface area contributed by atoms with Gasteiger partial charge in [0.05, 0.1) is 0 Å². The molecule has 74 valence electrons. The zero-order valence-corrected chi connectivity index (χ0v) is 8.97. The summed E-state index contributed by atoms with van der Waals surface area (Å²) in [5.74, 6) is 0. The van der Waals surface area contributed by atoms with E-state index in [1.54, 1.807) is 5.70 Å². The van der Waals surface area contributed by atoms with Crippen LogP contribution in [-0.2, 0) is 0 Å². The van der Waals surface area contributed by atoms with Crippen molar-refractivity contribution in [3.63, 3.8) is 0 Å². The maximum Gasteiger partial charge on any atom is 0.0175 e. The number of rotatable bonds is 1. The van der Waals surface area contributed by atoms with Crippen molar-refractivity contribution in [2.45, 2.75) is 46.0 Å². The van der Waals surface area contributed by atoms with Gasteiger partial charge in [-0.05, 0) is 37.5 Å². The summed E-state index contributed by atoms with van der Waals surface area (Å²) in [6, 6.07) is 0. The van der Waals surface area contributed by atoms with Crippen LogP contribution in [0.1, 0.15) is 46.0 Å². The molecule has 1 heteroatoms. The Kier molecular flexibility index (Phi) is 2.35. The first kappa shape index (κ1) is 9.11. The molecule has 0 amide bonds. The van der Waals surface area contributed by atoms with Gasteiger partial charge in [-0.1, -0.05) is 19.9 Å². The fraction of sp³-hybridized carbons (Fsp3) is 0.833. The van der Waals surface area contributed by atoms with E-state index in [9.17, 15) is 0 Å². The van der Waals surface area contributed by atoms with E-state index in [4.69, 9.17) is 0 Å². The fourth-order valence-electron chi connectivity index (χ4n) is 2.53. The molecule has 1 heterocycles. The monoisotopic (exact) mass is 179 g/mol. The van der Waals surface area contributed by atoms with Crippen LogP contribution >= 0.6 is 0 Å². The van der Waals surface area contributed by atoms with Crippen LogP contribution in [-0.4, -0.2) is 18.0 Å². The fourth-order valence-corrected chi connectivity index (χ4v) is 2.53. The highest BCUT2D eigenvalue weighted by atomic mass is 15.1. The van der Waals surface area contributed by atoms with E-state index in [1.807, 2.05) is 0 Å². The lowest BCUT2D eigenvalue weighted by Crippen LogP contribution is -2.26. The minimum Gasteiger partial charge on any atom is -0.375 e. The van der Waals surface area contributed by atoms with E-state index in [2.05, 4.69) is 24.8 Å². The van der Waals surface area contributed by atoms with Crippen molar-refractivity contribution in [1.29, 1.82) is 0 Å². The van der Waals surface area contributed by atoms with Gasteiger partial charge in [-0.15, -0.1) is 0 Å². The third kappa shape index (κ3) is 2.07. The van der Waals surface area contributed by atoms with Crippen LogP contribution in [0, 0.1) is 5.41 Å². The Morgan fingerprint density at radius 2 is 1.92 bits per heavy atom. The van der Waals surface area contributed by atoms with Crippen LogP contribution < -0.4 is 0 Å². The van der Waals surface area contributed by atoms with E-state index in [1.165, 1.54) is 45.2 Å². The lowest BCUT2D eigenvalue weighted by Gasteiger charge is -2.34. The summed E-state index contributed by atoms with van der Waals surface area (Å²) in [5.41, 5.74) is 2.18. The Balaban J connectivity index is 2.02. The van der Waals surface area contributed by atoms with Crippen molar-refractivity contribution >= 4 is 0 Å². The molecule has 1 aliphatic carbocycles. The molecule has 1 saturated heterocycles. The Labute approximate surface area is 81.8 Å². The van der Waals surface area contributed by atoms with Crippen LogP contribution in [0.5, 0.6) is 0 Å². The molecule has 0 aromatic rings. The molecule has 0 saturated carbocycles. The average molecular weight is 179 g/mol. The second kappa shape index (κ2) is 3.36. The van der Waals surface area contributed by atoms with Crippen molar-refractivity contribution in [1.82, 2.24) is 4.90 Å². The van der Waals surface area contributed by atoms with Gasteiger partial charge in [-0.3, -0.25) is 0 Å². The standard InChI is InChI=1S/C12H21N/c1-12(2)7-5-6-11(10-12)13-8-3-4-9-13/h6H,3-5,7-10H2,1-2H3. The first-order valence-electron chi connectivity index (χ1n) is 5.61. The molecule has 1 aliphatic heterocycles. The van der Waals surface area contributed by atoms with Gasteiger partial charge >= 0.3 is 0 Å². The first-order valence-corrected chi connectivity index (χ1v) is 5.61. The molecule has 0 aromatic heterocycles. The van der Waals surface area contributed by atoms with Gasteiger partial charge in [-0.25, -0.2) is 0 Å². The number of allylic oxidation sites excluding steroid dienone is 2. The molecule has 13 heavy (non-hydrogen) atoms. The highest BCUT2D eigenvalue weighted by Gasteiger charge is 2.26. The van der Waals surface area contributed by atoms with Crippen LogP contribution in [0.15, 0.2) is 11.8 Å². The quantitative estimate of drug-likeness (QED) is 0.597. The normalized spacial score (nSPS) is 27.5. The smallest absolute Gasteiger partial charge is 0.0175 e. The Morgan fingerprint density at radius 1 is 1.23 bits per heavy atom. The molecule has 0 aromatic carbocycles. The Hall–Kier alpha value is -0.460. The van der Waals surface area contributed by atoms with Crippen LogP contribution in [0.25, 0.3) is 0 Å². The molecular formula is C12H21N. The highest BCUT2D eigenvalue weighted by Crippen LogP contribution is 2.37. The van der Waals surface area contributed by atoms with Gasteiger partial charge in [0.15, 0.2) is 0 Å². The summed E-state index contributed by atoms with van der Waals surface area (Å²) >= 11 is 0. The third-order valence-electron chi connectivity index (χ3n) is 3.37. The molecule has 2 rings (SSSR count). The molecule has 0 N–H and O–H groups in total. The lowest BCUT2D eigenvalue weighted by molar-refractivity contribution is 0.268. The molecule has 0 bridgehead atoms. The van der Waals surface area contributed by atoms with E-state index in [-0.39, 0.29) is 0 Å². The summed E-state index contributed by atoms with van der Waals surface area (Å²) in [6.45, 7) is 7.41. The molecule has 0 atom stereocenters. The second-order valence-corrected chi connectivity index (χ2v) is 5.27. The van der Waals surface area contributed by atoms with E-state index >= 15 is 0 Å². The van der Waals surface area contributed by atoms with Crippen molar-refractivity contribution in [3.05, 3.63) is 11.8 Å². The molecular weight excluding hydrogens is 158 g/mol. The predicted molar refractivity (Wildman–Crippen MR) is 56.5 cm³/mol. The topological polar surface area (TPSA) is 3.24 Å². The minimum atomic E-state index is 0.548. The summed E-state index contributed by atoms with van der Waals surface area (Å²) in [4.78, 5) is 2.60. The number of hydrogen-bond donors (Lipinski definition) is 0. The number of nitrogens with zero attached hydrogens (tertiary/aromatic N) is 1. The van der Waals surface area contributed by atoms with Crippen LogP contribution in [0.2, 0.25) is 0 Å². The average Bonchev–Trinajstić information content (AvgIpc) is 2.53. The maximum atomic E-state index is 2.60. The Morgan fingerprint density at radius 3 is 2.54 bits per heavy atom. The van der Waals surface area contributed by atoms with E-state index in [0.717, 1.165) is 0 Å². The van der Waals surface area contributed by atoms with Crippen molar-refractivity contribution in [3.8, 4) is 0 Å². The van der Waals surface area contributed by atoms with E-state index in [0.29, 0.717) is 5.41 Å². The maximum absolute atomic E-state index is 2.60. The highest BCUT2D eigenvalue weighted by molar-refractivity contribution is 5.09. The summed E-state index contributed by atoms with van der Waals surface area (Å²) in [6.07, 6.45) is 9.22. The van der Waals surface area contributed by atoms with E-state index < -0.39 is 0 Å². The molecule has 1 nitrogen and oxygen atoms in total. The Bertz CT molecular complexity index is 209. The summed E-state index contributed by atoms with van der Waals surface area (Å²) < 4.78 is 0.